The Bertz CT molecular complexity index is 459. The second-order valence-electron chi connectivity index (χ2n) is 3.49. The molecule has 0 spiro atoms. The molecule has 2 N–H and O–H groups in total. The van der Waals surface area contributed by atoms with Crippen LogP contribution in [0.2, 0.25) is 5.02 Å². The van der Waals surface area contributed by atoms with Gasteiger partial charge in [-0.05, 0) is 30.7 Å². The van der Waals surface area contributed by atoms with Crippen LogP contribution in [0.3, 0.4) is 0 Å². The Kier molecular flexibility index (Phi) is 4.68. The average molecular weight is 322 g/mol. The molecule has 1 aromatic carbocycles. The Morgan fingerprint density at radius 1 is 1.35 bits per heavy atom. The number of rotatable bonds is 4. The van der Waals surface area contributed by atoms with Gasteiger partial charge in [0.05, 0.1) is 4.83 Å². The highest BCUT2D eigenvalue weighted by molar-refractivity contribution is 9.10. The number of aliphatic carboxylic acids is 1. The molecule has 4 nitrogen and oxygen atoms in total. The van der Waals surface area contributed by atoms with E-state index in [-0.39, 0.29) is 21.9 Å². The van der Waals surface area contributed by atoms with Gasteiger partial charge in [-0.25, -0.2) is 4.79 Å². The maximum absolute atomic E-state index is 11.7. The fourth-order valence-electron chi connectivity index (χ4n) is 1.28. The molecule has 2 atom stereocenters. The lowest BCUT2D eigenvalue weighted by Crippen LogP contribution is -2.14. The number of carbonyl (C=O) groups is 2. The Balaban J connectivity index is 3.19. The minimum Gasteiger partial charge on any atom is -0.479 e. The molecule has 1 aromatic rings. The van der Waals surface area contributed by atoms with Gasteiger partial charge in [0.2, 0.25) is 0 Å². The summed E-state index contributed by atoms with van der Waals surface area (Å²) in [7, 11) is 0. The summed E-state index contributed by atoms with van der Waals surface area (Å²) in [5.74, 6) is -1.62. The number of hydrogen-bond acceptors (Lipinski definition) is 3. The molecule has 0 saturated heterocycles. The number of ketones is 1. The highest BCUT2D eigenvalue weighted by Crippen LogP contribution is 2.22. The molecule has 17 heavy (non-hydrogen) atoms. The Labute approximate surface area is 111 Å². The van der Waals surface area contributed by atoms with E-state index in [9.17, 15) is 14.7 Å². The number of aliphatic hydroxyl groups excluding tert-OH is 1. The molecular weight excluding hydrogens is 311 g/mol. The van der Waals surface area contributed by atoms with Gasteiger partial charge in [-0.3, -0.25) is 4.79 Å². The third kappa shape index (κ3) is 3.52. The number of carboxylic acids is 1. The number of carboxylic acid groups (broad SMARTS) is 1. The topological polar surface area (TPSA) is 74.6 Å². The fourth-order valence-corrected chi connectivity index (χ4v) is 1.79. The highest BCUT2D eigenvalue weighted by atomic mass is 79.9. The molecule has 0 bridgehead atoms. The normalized spacial score (nSPS) is 14.1. The van der Waals surface area contributed by atoms with Crippen LogP contribution in [0.4, 0.5) is 0 Å². The number of hydrogen-bond donors (Lipinski definition) is 2. The maximum atomic E-state index is 11.7. The van der Waals surface area contributed by atoms with E-state index >= 15 is 0 Å². The standard InChI is InChI=1S/C11H10BrClO4/c1-5(12)9(14)6-2-7(4-8(13)3-6)10(15)11(16)17/h2-5,10,15H,1H3,(H,16,17). The van der Waals surface area contributed by atoms with Crippen molar-refractivity contribution in [2.24, 2.45) is 0 Å². The summed E-state index contributed by atoms with van der Waals surface area (Å²) in [4.78, 5) is 21.9. The smallest absolute Gasteiger partial charge is 0.337 e. The second-order valence-corrected chi connectivity index (χ2v) is 5.30. The van der Waals surface area contributed by atoms with E-state index in [4.69, 9.17) is 16.7 Å². The van der Waals surface area contributed by atoms with Crippen molar-refractivity contribution in [3.8, 4) is 0 Å². The monoisotopic (exact) mass is 320 g/mol. The van der Waals surface area contributed by atoms with Crippen LogP contribution < -0.4 is 0 Å². The van der Waals surface area contributed by atoms with Gasteiger partial charge in [-0.1, -0.05) is 27.5 Å². The minimum absolute atomic E-state index is 0.0847. The lowest BCUT2D eigenvalue weighted by atomic mass is 10.0. The molecule has 0 aromatic heterocycles. The lowest BCUT2D eigenvalue weighted by molar-refractivity contribution is -0.146. The van der Waals surface area contributed by atoms with Crippen molar-refractivity contribution in [1.29, 1.82) is 0 Å². The molecule has 2 unspecified atom stereocenters. The van der Waals surface area contributed by atoms with Crippen LogP contribution in [0, 0.1) is 0 Å². The van der Waals surface area contributed by atoms with E-state index in [1.54, 1.807) is 6.92 Å². The van der Waals surface area contributed by atoms with E-state index in [1.165, 1.54) is 18.2 Å². The lowest BCUT2D eigenvalue weighted by Gasteiger charge is -2.09. The summed E-state index contributed by atoms with van der Waals surface area (Å²) in [5.41, 5.74) is 0.346. The summed E-state index contributed by atoms with van der Waals surface area (Å²) < 4.78 is 0. The SMILES string of the molecule is CC(Br)C(=O)c1cc(Cl)cc(C(O)C(=O)O)c1. The highest BCUT2D eigenvalue weighted by Gasteiger charge is 2.20. The van der Waals surface area contributed by atoms with Gasteiger partial charge in [-0.2, -0.15) is 0 Å². The quantitative estimate of drug-likeness (QED) is 0.660. The molecule has 0 amide bonds. The molecule has 0 aliphatic rings. The molecule has 0 radical (unpaired) electrons. The summed E-state index contributed by atoms with van der Waals surface area (Å²) in [6.07, 6.45) is -1.69. The van der Waals surface area contributed by atoms with Crippen molar-refractivity contribution in [2.45, 2.75) is 17.9 Å². The van der Waals surface area contributed by atoms with E-state index < -0.39 is 16.9 Å². The van der Waals surface area contributed by atoms with Crippen molar-refractivity contribution in [2.75, 3.05) is 0 Å². The molecule has 0 aliphatic carbocycles. The molecule has 0 heterocycles. The number of carbonyl (C=O) groups excluding carboxylic acids is 1. The zero-order valence-corrected chi connectivity index (χ0v) is 11.2. The van der Waals surface area contributed by atoms with E-state index in [0.29, 0.717) is 0 Å². The van der Waals surface area contributed by atoms with Crippen LogP contribution in [0.1, 0.15) is 28.9 Å². The van der Waals surface area contributed by atoms with Crippen LogP contribution >= 0.6 is 27.5 Å². The van der Waals surface area contributed by atoms with Gasteiger partial charge < -0.3 is 10.2 Å². The van der Waals surface area contributed by atoms with Crippen molar-refractivity contribution >= 4 is 39.3 Å². The molecule has 6 heteroatoms. The van der Waals surface area contributed by atoms with Crippen LogP contribution in [0.5, 0.6) is 0 Å². The van der Waals surface area contributed by atoms with E-state index in [2.05, 4.69) is 15.9 Å². The zero-order chi connectivity index (χ0) is 13.2. The number of Topliss-reactive ketones (excluding diaryl/α,β-unsaturated/α-hetero) is 1. The Hall–Kier alpha value is -0.910. The minimum atomic E-state index is -1.69. The van der Waals surface area contributed by atoms with Crippen LogP contribution in [0.25, 0.3) is 0 Å². The second kappa shape index (κ2) is 5.62. The molecule has 0 saturated carbocycles. The van der Waals surface area contributed by atoms with Gasteiger partial charge in [0.25, 0.3) is 0 Å². The maximum Gasteiger partial charge on any atom is 0.337 e. The van der Waals surface area contributed by atoms with E-state index in [1.807, 2.05) is 0 Å². The molecule has 1 rings (SSSR count). The third-order valence-electron chi connectivity index (χ3n) is 2.12. The first-order chi connectivity index (χ1) is 7.82. The summed E-state index contributed by atoms with van der Waals surface area (Å²) in [6, 6.07) is 4.07. The first kappa shape index (κ1) is 14.2. The van der Waals surface area contributed by atoms with Crippen molar-refractivity contribution in [1.82, 2.24) is 0 Å². The van der Waals surface area contributed by atoms with Crippen LogP contribution in [0.15, 0.2) is 18.2 Å². The number of aliphatic hydroxyl groups is 1. The van der Waals surface area contributed by atoms with Gasteiger partial charge in [-0.15, -0.1) is 0 Å². The van der Waals surface area contributed by atoms with Gasteiger partial charge in [0.15, 0.2) is 11.9 Å². The number of alkyl halides is 1. The van der Waals surface area contributed by atoms with Crippen molar-refractivity contribution in [3.05, 3.63) is 34.3 Å². The predicted molar refractivity (Wildman–Crippen MR) is 66.8 cm³/mol. The van der Waals surface area contributed by atoms with Gasteiger partial charge in [0, 0.05) is 10.6 Å². The summed E-state index contributed by atoms with van der Waals surface area (Å²) in [5, 5.41) is 18.3. The zero-order valence-electron chi connectivity index (χ0n) is 8.85. The summed E-state index contributed by atoms with van der Waals surface area (Å²) >= 11 is 8.90. The van der Waals surface area contributed by atoms with Gasteiger partial charge >= 0.3 is 5.97 Å². The van der Waals surface area contributed by atoms with Crippen LogP contribution in [-0.4, -0.2) is 26.8 Å². The molecular formula is C11H10BrClO4. The largest absolute Gasteiger partial charge is 0.479 e. The fraction of sp³-hybridized carbons (Fsp3) is 0.273. The molecule has 92 valence electrons. The van der Waals surface area contributed by atoms with Crippen molar-refractivity contribution < 1.29 is 19.8 Å². The molecule has 0 fully saturated rings. The van der Waals surface area contributed by atoms with E-state index in [0.717, 1.165) is 0 Å². The number of halogens is 2. The predicted octanol–water partition coefficient (Wildman–Crippen LogP) is 2.42. The Morgan fingerprint density at radius 3 is 2.41 bits per heavy atom. The van der Waals surface area contributed by atoms with Gasteiger partial charge in [0.1, 0.15) is 0 Å². The average Bonchev–Trinajstić information content (AvgIpc) is 2.25. The molecule has 0 aliphatic heterocycles. The third-order valence-corrected chi connectivity index (χ3v) is 2.75. The first-order valence-electron chi connectivity index (χ1n) is 4.72. The summed E-state index contributed by atoms with van der Waals surface area (Å²) in [6.45, 7) is 1.65. The number of benzene rings is 1. The van der Waals surface area contributed by atoms with Crippen LogP contribution in [-0.2, 0) is 4.79 Å². The first-order valence-corrected chi connectivity index (χ1v) is 6.02. The Morgan fingerprint density at radius 2 is 1.94 bits per heavy atom. The van der Waals surface area contributed by atoms with Crippen molar-refractivity contribution in [3.63, 3.8) is 0 Å².